The monoisotopic (exact) mass is 482 g/mol. The molecule has 2 N–H and O–H groups in total. The third kappa shape index (κ3) is 4.60. The van der Waals surface area contributed by atoms with E-state index in [1.165, 1.54) is 5.56 Å². The Bertz CT molecular complexity index is 845. The van der Waals surface area contributed by atoms with Gasteiger partial charge in [0.25, 0.3) is 0 Å². The highest BCUT2D eigenvalue weighted by Gasteiger charge is 2.23. The van der Waals surface area contributed by atoms with E-state index in [9.17, 15) is 4.79 Å². The van der Waals surface area contributed by atoms with Gasteiger partial charge in [0.2, 0.25) is 5.91 Å². The molecule has 7 nitrogen and oxygen atoms in total. The minimum Gasteiger partial charge on any atom is -0.352 e. The lowest BCUT2D eigenvalue weighted by molar-refractivity contribution is -0.117. The Morgan fingerprint density at radius 2 is 2.00 bits per heavy atom. The summed E-state index contributed by atoms with van der Waals surface area (Å²) in [7, 11) is 3.64. The first kappa shape index (κ1) is 21.2. The number of carbonyl (C=O) groups excluding carboxylic acids is 1. The summed E-state index contributed by atoms with van der Waals surface area (Å²) < 4.78 is 1.87. The molecule has 2 aromatic rings. The van der Waals surface area contributed by atoms with E-state index in [4.69, 9.17) is 0 Å². The molecule has 1 aliphatic rings. The second-order valence-corrected chi connectivity index (χ2v) is 6.48. The first-order valence-corrected chi connectivity index (χ1v) is 8.83. The highest BCUT2D eigenvalue weighted by Crippen LogP contribution is 2.27. The van der Waals surface area contributed by atoms with Gasteiger partial charge in [0.05, 0.1) is 12.2 Å². The van der Waals surface area contributed by atoms with Crippen LogP contribution in [0.25, 0.3) is 0 Å². The number of amides is 1. The van der Waals surface area contributed by atoms with E-state index >= 15 is 0 Å². The molecule has 0 saturated carbocycles. The number of nitrogens with zero attached hydrogens (tertiary/aromatic N) is 4. The number of benzene rings is 1. The maximum atomic E-state index is 12.6. The van der Waals surface area contributed by atoms with Gasteiger partial charge in [0, 0.05) is 44.1 Å². The molecule has 3 rings (SSSR count). The molecule has 146 valence electrons. The third-order valence-corrected chi connectivity index (χ3v) is 4.91. The van der Waals surface area contributed by atoms with Gasteiger partial charge in [-0.25, -0.2) is 0 Å². The third-order valence-electron chi connectivity index (χ3n) is 4.91. The SMILES string of the molecule is CN=C(NCC(=O)N1CCc2ccccc21)NCc1c(C)nn(C)c1C.I. The standard InChI is InChI=1S/C19H26N6O.HI/c1-13-16(14(2)24(4)23-13)11-21-19(20-3)22-12-18(26)25-10-9-15-7-5-6-8-17(15)25;/h5-8H,9-12H2,1-4H3,(H2,20,21,22);1H. The minimum atomic E-state index is 0. The van der Waals surface area contributed by atoms with Crippen LogP contribution in [0, 0.1) is 13.8 Å². The van der Waals surface area contributed by atoms with Crippen LogP contribution in [0.3, 0.4) is 0 Å². The number of carbonyl (C=O) groups is 1. The molecule has 0 bridgehead atoms. The molecule has 1 aliphatic heterocycles. The van der Waals surface area contributed by atoms with Crippen LogP contribution in [0.1, 0.15) is 22.5 Å². The van der Waals surface area contributed by atoms with Gasteiger partial charge in [-0.2, -0.15) is 5.10 Å². The van der Waals surface area contributed by atoms with Crippen LogP contribution in [0.2, 0.25) is 0 Å². The van der Waals surface area contributed by atoms with Crippen LogP contribution in [0.5, 0.6) is 0 Å². The van der Waals surface area contributed by atoms with Crippen molar-refractivity contribution in [3.05, 3.63) is 46.8 Å². The van der Waals surface area contributed by atoms with Gasteiger partial charge >= 0.3 is 0 Å². The topological polar surface area (TPSA) is 74.6 Å². The molecule has 1 aromatic heterocycles. The van der Waals surface area contributed by atoms with E-state index < -0.39 is 0 Å². The van der Waals surface area contributed by atoms with Gasteiger partial charge in [-0.15, -0.1) is 24.0 Å². The van der Waals surface area contributed by atoms with E-state index in [0.29, 0.717) is 12.5 Å². The minimum absolute atomic E-state index is 0. The summed E-state index contributed by atoms with van der Waals surface area (Å²) in [5, 5.41) is 10.8. The maximum absolute atomic E-state index is 12.6. The predicted octanol–water partition coefficient (Wildman–Crippen LogP) is 1.91. The van der Waals surface area contributed by atoms with Crippen molar-refractivity contribution in [3.63, 3.8) is 0 Å². The Kier molecular flexibility index (Phi) is 7.23. The molecular weight excluding hydrogens is 455 g/mol. The number of halogens is 1. The fourth-order valence-corrected chi connectivity index (χ4v) is 3.32. The number of aliphatic imine (C=N–C) groups is 1. The van der Waals surface area contributed by atoms with Gasteiger partial charge in [0.1, 0.15) is 0 Å². The number of anilines is 1. The molecule has 0 atom stereocenters. The fourth-order valence-electron chi connectivity index (χ4n) is 3.32. The number of aryl methyl sites for hydroxylation is 2. The number of rotatable bonds is 4. The van der Waals surface area contributed by atoms with Crippen LogP contribution >= 0.6 is 24.0 Å². The summed E-state index contributed by atoms with van der Waals surface area (Å²) in [5.41, 5.74) is 5.51. The van der Waals surface area contributed by atoms with Crippen molar-refractivity contribution in [2.45, 2.75) is 26.8 Å². The lowest BCUT2D eigenvalue weighted by atomic mass is 10.2. The highest BCUT2D eigenvalue weighted by atomic mass is 127. The molecule has 2 heterocycles. The zero-order chi connectivity index (χ0) is 18.7. The molecule has 27 heavy (non-hydrogen) atoms. The first-order valence-electron chi connectivity index (χ1n) is 8.83. The van der Waals surface area contributed by atoms with E-state index in [1.54, 1.807) is 7.05 Å². The highest BCUT2D eigenvalue weighted by molar-refractivity contribution is 14.0. The number of aromatic nitrogens is 2. The summed E-state index contributed by atoms with van der Waals surface area (Å²) in [6.45, 7) is 5.60. The molecule has 0 aliphatic carbocycles. The number of guanidine groups is 1. The molecule has 1 amide bonds. The second-order valence-electron chi connectivity index (χ2n) is 6.48. The van der Waals surface area contributed by atoms with E-state index in [1.807, 2.05) is 48.7 Å². The molecule has 0 spiro atoms. The Morgan fingerprint density at radius 1 is 1.26 bits per heavy atom. The Hall–Kier alpha value is -2.10. The van der Waals surface area contributed by atoms with Crippen molar-refractivity contribution in [2.24, 2.45) is 12.0 Å². The number of fused-ring (bicyclic) bond motifs is 1. The summed E-state index contributed by atoms with van der Waals surface area (Å²) in [4.78, 5) is 18.6. The van der Waals surface area contributed by atoms with Crippen molar-refractivity contribution in [1.82, 2.24) is 20.4 Å². The maximum Gasteiger partial charge on any atom is 0.246 e. The van der Waals surface area contributed by atoms with Crippen molar-refractivity contribution in [1.29, 1.82) is 0 Å². The van der Waals surface area contributed by atoms with Gasteiger partial charge < -0.3 is 15.5 Å². The van der Waals surface area contributed by atoms with Crippen LogP contribution in [-0.2, 0) is 24.8 Å². The number of nitrogens with one attached hydrogen (secondary N) is 2. The normalized spacial score (nSPS) is 13.2. The molecule has 0 radical (unpaired) electrons. The van der Waals surface area contributed by atoms with Gasteiger partial charge in [-0.1, -0.05) is 18.2 Å². The number of para-hydroxylation sites is 1. The smallest absolute Gasteiger partial charge is 0.246 e. The lowest BCUT2D eigenvalue weighted by Gasteiger charge is -2.19. The zero-order valence-electron chi connectivity index (χ0n) is 16.2. The summed E-state index contributed by atoms with van der Waals surface area (Å²) in [6, 6.07) is 8.06. The van der Waals surface area contributed by atoms with Gasteiger partial charge in [0.15, 0.2) is 5.96 Å². The largest absolute Gasteiger partial charge is 0.352 e. The number of hydrogen-bond donors (Lipinski definition) is 2. The van der Waals surface area contributed by atoms with E-state index in [-0.39, 0.29) is 36.4 Å². The Morgan fingerprint density at radius 3 is 2.67 bits per heavy atom. The lowest BCUT2D eigenvalue weighted by Crippen LogP contribution is -2.44. The Balaban J connectivity index is 0.00000261. The quantitative estimate of drug-likeness (QED) is 0.397. The molecular formula is C19H27IN6O. The van der Waals surface area contributed by atoms with Gasteiger partial charge in [-0.3, -0.25) is 14.5 Å². The van der Waals surface area contributed by atoms with Crippen molar-refractivity contribution in [2.75, 3.05) is 25.0 Å². The van der Waals surface area contributed by atoms with Crippen LogP contribution in [0.15, 0.2) is 29.3 Å². The Labute approximate surface area is 177 Å². The molecule has 0 unspecified atom stereocenters. The molecule has 0 saturated heterocycles. The van der Waals surface area contributed by atoms with E-state index in [2.05, 4.69) is 26.8 Å². The van der Waals surface area contributed by atoms with Gasteiger partial charge in [-0.05, 0) is 31.9 Å². The predicted molar refractivity (Wildman–Crippen MR) is 119 cm³/mol. The van der Waals surface area contributed by atoms with Crippen molar-refractivity contribution < 1.29 is 4.79 Å². The average molecular weight is 482 g/mol. The second kappa shape index (κ2) is 9.20. The molecule has 8 heteroatoms. The van der Waals surface area contributed by atoms with E-state index in [0.717, 1.165) is 35.6 Å². The van der Waals surface area contributed by atoms with Crippen LogP contribution < -0.4 is 15.5 Å². The first-order chi connectivity index (χ1) is 12.5. The summed E-state index contributed by atoms with van der Waals surface area (Å²) >= 11 is 0. The van der Waals surface area contributed by atoms with Crippen molar-refractivity contribution in [3.8, 4) is 0 Å². The zero-order valence-corrected chi connectivity index (χ0v) is 18.6. The van der Waals surface area contributed by atoms with Crippen LogP contribution in [0.4, 0.5) is 5.69 Å². The summed E-state index contributed by atoms with van der Waals surface area (Å²) in [6.07, 6.45) is 0.911. The number of hydrogen-bond acceptors (Lipinski definition) is 3. The average Bonchev–Trinajstić information content (AvgIpc) is 3.17. The van der Waals surface area contributed by atoms with Crippen molar-refractivity contribution >= 4 is 41.5 Å². The molecule has 1 aromatic carbocycles. The van der Waals surface area contributed by atoms with Crippen LogP contribution in [-0.4, -0.2) is 41.8 Å². The summed E-state index contributed by atoms with van der Waals surface area (Å²) in [5.74, 6) is 0.653. The molecule has 0 fully saturated rings. The fraction of sp³-hybridized carbons (Fsp3) is 0.421.